The second kappa shape index (κ2) is 10.3. The molecule has 3 aromatic carbocycles. The summed E-state index contributed by atoms with van der Waals surface area (Å²) in [4.78, 5) is 25.7. The minimum Gasteiger partial charge on any atom is -0.493 e. The van der Waals surface area contributed by atoms with Crippen LogP contribution < -0.4 is 25.0 Å². The maximum absolute atomic E-state index is 13.1. The van der Waals surface area contributed by atoms with Gasteiger partial charge in [0.25, 0.3) is 5.91 Å². The van der Waals surface area contributed by atoms with Gasteiger partial charge in [-0.15, -0.1) is 0 Å². The van der Waals surface area contributed by atoms with E-state index in [0.29, 0.717) is 46.1 Å². The molecule has 7 nitrogen and oxygen atoms in total. The number of aryl methyl sites for hydroxylation is 1. The molecule has 0 aliphatic heterocycles. The Balaban J connectivity index is 1.47. The Hall–Kier alpha value is -4.26. The van der Waals surface area contributed by atoms with Gasteiger partial charge in [-0.05, 0) is 49.2 Å². The number of rotatable bonds is 8. The second-order valence-corrected chi connectivity index (χ2v) is 8.05. The van der Waals surface area contributed by atoms with Crippen molar-refractivity contribution in [3.8, 4) is 28.4 Å². The van der Waals surface area contributed by atoms with Crippen LogP contribution in [0.15, 0.2) is 75.9 Å². The molecule has 180 valence electrons. The van der Waals surface area contributed by atoms with Crippen LogP contribution in [0.4, 0.5) is 0 Å². The van der Waals surface area contributed by atoms with Gasteiger partial charge in [-0.2, -0.15) is 0 Å². The summed E-state index contributed by atoms with van der Waals surface area (Å²) in [6, 6.07) is 19.8. The number of hydrogen-bond acceptors (Lipinski definition) is 6. The van der Waals surface area contributed by atoms with Crippen molar-refractivity contribution in [1.82, 2.24) is 5.32 Å². The molecule has 7 heteroatoms. The molecule has 0 bridgehead atoms. The van der Waals surface area contributed by atoms with Gasteiger partial charge < -0.3 is 23.9 Å². The third-order valence-electron chi connectivity index (χ3n) is 5.70. The molecular weight excluding hydrogens is 446 g/mol. The van der Waals surface area contributed by atoms with E-state index in [0.717, 1.165) is 11.1 Å². The molecule has 35 heavy (non-hydrogen) atoms. The molecule has 1 heterocycles. The number of nitrogens with one attached hydrogen (secondary N) is 1. The molecule has 0 aliphatic rings. The van der Waals surface area contributed by atoms with E-state index < -0.39 is 6.10 Å². The van der Waals surface area contributed by atoms with Crippen LogP contribution in [0.25, 0.3) is 22.1 Å². The molecule has 0 radical (unpaired) electrons. The van der Waals surface area contributed by atoms with E-state index in [1.807, 2.05) is 42.5 Å². The average molecular weight is 474 g/mol. The summed E-state index contributed by atoms with van der Waals surface area (Å²) in [5, 5.41) is 3.31. The fraction of sp³-hybridized carbons (Fsp3) is 0.214. The van der Waals surface area contributed by atoms with E-state index >= 15 is 0 Å². The molecule has 0 saturated carbocycles. The number of carbonyl (C=O) groups is 1. The van der Waals surface area contributed by atoms with Gasteiger partial charge in [0, 0.05) is 12.6 Å². The number of methoxy groups -OCH3 is 2. The summed E-state index contributed by atoms with van der Waals surface area (Å²) >= 11 is 0. The summed E-state index contributed by atoms with van der Waals surface area (Å²) < 4.78 is 22.3. The van der Waals surface area contributed by atoms with Crippen LogP contribution in [0.2, 0.25) is 0 Å². The molecule has 1 unspecified atom stereocenters. The SMILES string of the molecule is COc1ccc(CNC(=O)C(C)Oc2ccc3c(=O)c(-c4ccccc4)c(C)oc3c2)cc1OC. The van der Waals surface area contributed by atoms with Crippen LogP contribution in [-0.4, -0.2) is 26.2 Å². The largest absolute Gasteiger partial charge is 0.493 e. The maximum Gasteiger partial charge on any atom is 0.261 e. The van der Waals surface area contributed by atoms with Gasteiger partial charge in [0.1, 0.15) is 17.1 Å². The first kappa shape index (κ1) is 23.9. The van der Waals surface area contributed by atoms with Crippen molar-refractivity contribution in [2.75, 3.05) is 14.2 Å². The minimum absolute atomic E-state index is 0.109. The van der Waals surface area contributed by atoms with Gasteiger partial charge in [-0.1, -0.05) is 36.4 Å². The Kier molecular flexibility index (Phi) is 7.06. The second-order valence-electron chi connectivity index (χ2n) is 8.05. The van der Waals surface area contributed by atoms with Gasteiger partial charge in [0.05, 0.1) is 25.2 Å². The van der Waals surface area contributed by atoms with Crippen molar-refractivity contribution >= 4 is 16.9 Å². The molecule has 4 rings (SSSR count). The summed E-state index contributed by atoms with van der Waals surface area (Å²) in [6.07, 6.45) is -0.760. The van der Waals surface area contributed by atoms with Crippen molar-refractivity contribution < 1.29 is 23.4 Å². The summed E-state index contributed by atoms with van der Waals surface area (Å²) in [5.74, 6) is 1.88. The molecule has 1 atom stereocenters. The topological polar surface area (TPSA) is 87.0 Å². The molecule has 1 amide bonds. The average Bonchev–Trinajstić information content (AvgIpc) is 2.87. The number of hydrogen-bond donors (Lipinski definition) is 1. The highest BCUT2D eigenvalue weighted by Gasteiger charge is 2.17. The van der Waals surface area contributed by atoms with E-state index in [1.165, 1.54) is 0 Å². The molecule has 4 aromatic rings. The molecule has 1 N–H and O–H groups in total. The van der Waals surface area contributed by atoms with Gasteiger partial charge in [0.15, 0.2) is 17.6 Å². The van der Waals surface area contributed by atoms with E-state index in [4.69, 9.17) is 18.6 Å². The Morgan fingerprint density at radius 2 is 1.71 bits per heavy atom. The molecular formula is C28H27NO6. The number of ether oxygens (including phenoxy) is 3. The minimum atomic E-state index is -0.760. The lowest BCUT2D eigenvalue weighted by atomic mass is 10.0. The van der Waals surface area contributed by atoms with Gasteiger partial charge in [0.2, 0.25) is 5.43 Å². The van der Waals surface area contributed by atoms with Crippen LogP contribution in [0.5, 0.6) is 17.2 Å². The summed E-state index contributed by atoms with van der Waals surface area (Å²) in [5.41, 5.74) is 2.50. The van der Waals surface area contributed by atoms with E-state index in [-0.39, 0.29) is 11.3 Å². The summed E-state index contributed by atoms with van der Waals surface area (Å²) in [6.45, 7) is 3.73. The van der Waals surface area contributed by atoms with Gasteiger partial charge >= 0.3 is 0 Å². The van der Waals surface area contributed by atoms with Crippen molar-refractivity contribution in [2.45, 2.75) is 26.5 Å². The highest BCUT2D eigenvalue weighted by atomic mass is 16.5. The zero-order valence-electron chi connectivity index (χ0n) is 20.1. The molecule has 0 spiro atoms. The molecule has 0 aliphatic carbocycles. The lowest BCUT2D eigenvalue weighted by Gasteiger charge is -2.16. The smallest absolute Gasteiger partial charge is 0.261 e. The zero-order valence-corrected chi connectivity index (χ0v) is 20.1. The maximum atomic E-state index is 13.1. The number of fused-ring (bicyclic) bond motifs is 1. The third kappa shape index (κ3) is 5.14. The standard InChI is InChI=1S/C28H27NO6/c1-17-26(20-8-6-5-7-9-20)27(30)22-12-11-21(15-24(22)35-17)34-18(2)28(31)29-16-19-10-13-23(32-3)25(14-19)33-4/h5-15,18H,16H2,1-4H3,(H,29,31). The fourth-order valence-electron chi connectivity index (χ4n) is 3.88. The highest BCUT2D eigenvalue weighted by Crippen LogP contribution is 2.28. The fourth-order valence-corrected chi connectivity index (χ4v) is 3.88. The number of amides is 1. The molecule has 1 aromatic heterocycles. The Morgan fingerprint density at radius 1 is 0.971 bits per heavy atom. The van der Waals surface area contributed by atoms with Gasteiger partial charge in [-0.3, -0.25) is 9.59 Å². The van der Waals surface area contributed by atoms with Crippen LogP contribution in [0.1, 0.15) is 18.2 Å². The number of benzene rings is 3. The lowest BCUT2D eigenvalue weighted by molar-refractivity contribution is -0.127. The first-order valence-electron chi connectivity index (χ1n) is 11.2. The monoisotopic (exact) mass is 473 g/mol. The highest BCUT2D eigenvalue weighted by molar-refractivity contribution is 5.84. The Labute approximate surface area is 203 Å². The first-order chi connectivity index (χ1) is 16.9. The quantitative estimate of drug-likeness (QED) is 0.393. The normalized spacial score (nSPS) is 11.7. The third-order valence-corrected chi connectivity index (χ3v) is 5.70. The zero-order chi connectivity index (χ0) is 24.9. The van der Waals surface area contributed by atoms with Crippen molar-refractivity contribution in [2.24, 2.45) is 0 Å². The van der Waals surface area contributed by atoms with Crippen LogP contribution in [0.3, 0.4) is 0 Å². The lowest BCUT2D eigenvalue weighted by Crippen LogP contribution is -2.35. The van der Waals surface area contributed by atoms with Crippen molar-refractivity contribution in [1.29, 1.82) is 0 Å². The predicted octanol–water partition coefficient (Wildman–Crippen LogP) is 4.87. The molecule has 0 saturated heterocycles. The van der Waals surface area contributed by atoms with Gasteiger partial charge in [-0.25, -0.2) is 0 Å². The van der Waals surface area contributed by atoms with Crippen LogP contribution in [-0.2, 0) is 11.3 Å². The van der Waals surface area contributed by atoms with E-state index in [1.54, 1.807) is 52.3 Å². The van der Waals surface area contributed by atoms with Crippen LogP contribution >= 0.6 is 0 Å². The first-order valence-corrected chi connectivity index (χ1v) is 11.2. The Morgan fingerprint density at radius 3 is 2.43 bits per heavy atom. The number of carbonyl (C=O) groups excluding carboxylic acids is 1. The summed E-state index contributed by atoms with van der Waals surface area (Å²) in [7, 11) is 3.13. The molecule has 0 fully saturated rings. The Bertz CT molecular complexity index is 1410. The van der Waals surface area contributed by atoms with Crippen LogP contribution in [0, 0.1) is 6.92 Å². The van der Waals surface area contributed by atoms with Crippen molar-refractivity contribution in [3.05, 3.63) is 88.3 Å². The van der Waals surface area contributed by atoms with E-state index in [9.17, 15) is 9.59 Å². The predicted molar refractivity (Wildman–Crippen MR) is 134 cm³/mol. The van der Waals surface area contributed by atoms with E-state index in [2.05, 4.69) is 5.32 Å². The van der Waals surface area contributed by atoms with Crippen molar-refractivity contribution in [3.63, 3.8) is 0 Å².